The van der Waals surface area contributed by atoms with Crippen molar-refractivity contribution >= 4 is 0 Å². The molecule has 0 aromatic carbocycles. The van der Waals surface area contributed by atoms with Gasteiger partial charge in [0.1, 0.15) is 0 Å². The summed E-state index contributed by atoms with van der Waals surface area (Å²) in [6, 6.07) is 2.17. The zero-order valence-electron chi connectivity index (χ0n) is 11.9. The molecule has 2 atom stereocenters. The van der Waals surface area contributed by atoms with Crippen molar-refractivity contribution in [1.82, 2.24) is 15.1 Å². The average Bonchev–Trinajstić information content (AvgIpc) is 2.73. The Morgan fingerprint density at radius 3 is 2.94 bits per heavy atom. The van der Waals surface area contributed by atoms with Crippen LogP contribution in [0.1, 0.15) is 32.4 Å². The van der Waals surface area contributed by atoms with Gasteiger partial charge in [-0.15, -0.1) is 0 Å². The summed E-state index contributed by atoms with van der Waals surface area (Å²) in [5.41, 5.74) is 1.77. The van der Waals surface area contributed by atoms with E-state index in [-0.39, 0.29) is 0 Å². The first-order valence-electron chi connectivity index (χ1n) is 6.84. The first-order chi connectivity index (χ1) is 8.62. The summed E-state index contributed by atoms with van der Waals surface area (Å²) >= 11 is 0. The van der Waals surface area contributed by atoms with Crippen LogP contribution in [0.15, 0.2) is 12.3 Å². The van der Waals surface area contributed by atoms with Gasteiger partial charge in [0.25, 0.3) is 0 Å². The van der Waals surface area contributed by atoms with Gasteiger partial charge in [0, 0.05) is 38.0 Å². The van der Waals surface area contributed by atoms with Crippen LogP contribution in [-0.4, -0.2) is 36.6 Å². The Kier molecular flexibility index (Phi) is 4.07. The molecule has 0 saturated heterocycles. The molecule has 0 spiro atoms. The molecule has 1 fully saturated rings. The molecule has 1 N–H and O–H groups in total. The summed E-state index contributed by atoms with van der Waals surface area (Å²) in [7, 11) is 1.74. The maximum Gasteiger partial charge on any atom is 0.0587 e. The second kappa shape index (κ2) is 5.41. The number of nitrogens with one attached hydrogen (secondary N) is 1. The fourth-order valence-corrected chi connectivity index (χ4v) is 3.02. The summed E-state index contributed by atoms with van der Waals surface area (Å²) < 4.78 is 7.18. The zero-order chi connectivity index (χ0) is 13.2. The first-order valence-corrected chi connectivity index (χ1v) is 6.84. The van der Waals surface area contributed by atoms with E-state index in [1.807, 2.05) is 6.20 Å². The monoisotopic (exact) mass is 251 g/mol. The average molecular weight is 251 g/mol. The van der Waals surface area contributed by atoms with E-state index in [0.29, 0.717) is 17.3 Å². The highest BCUT2D eigenvalue weighted by molar-refractivity contribution is 5.26. The van der Waals surface area contributed by atoms with Gasteiger partial charge in [-0.2, -0.15) is 5.10 Å². The van der Waals surface area contributed by atoms with Crippen molar-refractivity contribution in [3.8, 4) is 0 Å². The fourth-order valence-electron chi connectivity index (χ4n) is 3.02. The van der Waals surface area contributed by atoms with E-state index >= 15 is 0 Å². The molecule has 0 aliphatic heterocycles. The highest BCUT2D eigenvalue weighted by Gasteiger charge is 2.58. The highest BCUT2D eigenvalue weighted by atomic mass is 16.5. The number of hydrogen-bond donors (Lipinski definition) is 1. The van der Waals surface area contributed by atoms with E-state index < -0.39 is 0 Å². The number of nitrogens with zero attached hydrogens (tertiary/aromatic N) is 2. The predicted octanol–water partition coefficient (Wildman–Crippen LogP) is 1.88. The van der Waals surface area contributed by atoms with E-state index in [1.54, 1.807) is 7.11 Å². The molecule has 4 heteroatoms. The third-order valence-corrected chi connectivity index (χ3v) is 4.27. The first kappa shape index (κ1) is 13.6. The summed E-state index contributed by atoms with van der Waals surface area (Å²) in [6.07, 6.45) is 1.92. The highest BCUT2D eigenvalue weighted by Crippen LogP contribution is 2.63. The Morgan fingerprint density at radius 2 is 2.28 bits per heavy atom. The standard InChI is InChI=1S/C14H25N3O/c1-5-17-12(6-7-16-17)13-11(14(13,2)3)10-15-8-9-18-4/h6-7,11,13,15H,5,8-10H2,1-4H3. The number of aryl methyl sites for hydroxylation is 1. The number of rotatable bonds is 7. The summed E-state index contributed by atoms with van der Waals surface area (Å²) in [6.45, 7) is 10.6. The molecular formula is C14H25N3O. The minimum Gasteiger partial charge on any atom is -0.383 e. The second-order valence-corrected chi connectivity index (χ2v) is 5.67. The predicted molar refractivity (Wildman–Crippen MR) is 72.7 cm³/mol. The quantitative estimate of drug-likeness (QED) is 0.752. The zero-order valence-corrected chi connectivity index (χ0v) is 11.9. The second-order valence-electron chi connectivity index (χ2n) is 5.67. The largest absolute Gasteiger partial charge is 0.383 e. The lowest BCUT2D eigenvalue weighted by Gasteiger charge is -2.05. The van der Waals surface area contributed by atoms with Crippen LogP contribution in [0.25, 0.3) is 0 Å². The van der Waals surface area contributed by atoms with Crippen molar-refractivity contribution in [3.63, 3.8) is 0 Å². The van der Waals surface area contributed by atoms with Crippen LogP contribution in [0.4, 0.5) is 0 Å². The summed E-state index contributed by atoms with van der Waals surface area (Å²) in [4.78, 5) is 0. The molecule has 102 valence electrons. The Bertz CT molecular complexity index is 386. The third-order valence-electron chi connectivity index (χ3n) is 4.27. The van der Waals surface area contributed by atoms with E-state index in [4.69, 9.17) is 4.74 Å². The van der Waals surface area contributed by atoms with E-state index in [2.05, 4.69) is 41.9 Å². The number of methoxy groups -OCH3 is 1. The van der Waals surface area contributed by atoms with Crippen molar-refractivity contribution in [1.29, 1.82) is 0 Å². The third kappa shape index (κ3) is 2.45. The van der Waals surface area contributed by atoms with Gasteiger partial charge in [0.2, 0.25) is 0 Å². The topological polar surface area (TPSA) is 39.1 Å². The van der Waals surface area contributed by atoms with Crippen LogP contribution in [0.5, 0.6) is 0 Å². The normalized spacial score (nSPS) is 25.3. The van der Waals surface area contributed by atoms with Crippen molar-refractivity contribution in [3.05, 3.63) is 18.0 Å². The van der Waals surface area contributed by atoms with Crippen molar-refractivity contribution < 1.29 is 4.74 Å². The SMILES string of the molecule is CCn1nccc1C1C(CNCCOC)C1(C)C. The molecule has 1 aromatic rings. The molecule has 2 unspecified atom stereocenters. The molecule has 2 rings (SSSR count). The van der Waals surface area contributed by atoms with Gasteiger partial charge in [-0.05, 0) is 30.9 Å². The molecule has 0 radical (unpaired) electrons. The van der Waals surface area contributed by atoms with Gasteiger partial charge in [-0.1, -0.05) is 13.8 Å². The van der Waals surface area contributed by atoms with E-state index in [0.717, 1.165) is 26.2 Å². The number of aromatic nitrogens is 2. The van der Waals surface area contributed by atoms with Crippen LogP contribution >= 0.6 is 0 Å². The van der Waals surface area contributed by atoms with Gasteiger partial charge in [-0.25, -0.2) is 0 Å². The van der Waals surface area contributed by atoms with Crippen LogP contribution in [-0.2, 0) is 11.3 Å². The lowest BCUT2D eigenvalue weighted by atomic mass is 10.1. The number of ether oxygens (including phenoxy) is 1. The van der Waals surface area contributed by atoms with Crippen LogP contribution in [0.3, 0.4) is 0 Å². The molecule has 0 amide bonds. The minimum atomic E-state index is 0.382. The lowest BCUT2D eigenvalue weighted by Crippen LogP contribution is -2.23. The van der Waals surface area contributed by atoms with Gasteiger partial charge >= 0.3 is 0 Å². The molecule has 1 saturated carbocycles. The fraction of sp³-hybridized carbons (Fsp3) is 0.786. The van der Waals surface area contributed by atoms with Crippen molar-refractivity contribution in [2.45, 2.75) is 33.2 Å². The molecule has 1 heterocycles. The number of hydrogen-bond acceptors (Lipinski definition) is 3. The molecule has 1 aliphatic carbocycles. The van der Waals surface area contributed by atoms with Crippen LogP contribution < -0.4 is 5.32 Å². The molecule has 4 nitrogen and oxygen atoms in total. The van der Waals surface area contributed by atoms with Crippen LogP contribution in [0.2, 0.25) is 0 Å². The smallest absolute Gasteiger partial charge is 0.0587 e. The van der Waals surface area contributed by atoms with Crippen molar-refractivity contribution in [2.24, 2.45) is 11.3 Å². The van der Waals surface area contributed by atoms with Gasteiger partial charge in [0.15, 0.2) is 0 Å². The Morgan fingerprint density at radius 1 is 1.50 bits per heavy atom. The Balaban J connectivity index is 1.94. The van der Waals surface area contributed by atoms with E-state index in [1.165, 1.54) is 5.69 Å². The summed E-state index contributed by atoms with van der Waals surface area (Å²) in [5, 5.41) is 7.86. The van der Waals surface area contributed by atoms with Gasteiger partial charge in [-0.3, -0.25) is 4.68 Å². The van der Waals surface area contributed by atoms with Crippen LogP contribution in [0, 0.1) is 11.3 Å². The van der Waals surface area contributed by atoms with E-state index in [9.17, 15) is 0 Å². The van der Waals surface area contributed by atoms with Crippen molar-refractivity contribution in [2.75, 3.05) is 26.8 Å². The Labute approximate surface area is 110 Å². The molecule has 0 bridgehead atoms. The maximum absolute atomic E-state index is 5.05. The molecular weight excluding hydrogens is 226 g/mol. The Hall–Kier alpha value is -0.870. The summed E-state index contributed by atoms with van der Waals surface area (Å²) in [5.74, 6) is 1.34. The maximum atomic E-state index is 5.05. The molecule has 1 aromatic heterocycles. The van der Waals surface area contributed by atoms with Gasteiger partial charge in [0.05, 0.1) is 6.61 Å². The lowest BCUT2D eigenvalue weighted by molar-refractivity contribution is 0.198. The molecule has 18 heavy (non-hydrogen) atoms. The minimum absolute atomic E-state index is 0.382. The van der Waals surface area contributed by atoms with Gasteiger partial charge < -0.3 is 10.1 Å². The molecule has 1 aliphatic rings.